The molecule has 2 rings (SSSR count). The minimum atomic E-state index is -0.338. The van der Waals surface area contributed by atoms with Crippen LogP contribution in [0.1, 0.15) is 5.76 Å². The van der Waals surface area contributed by atoms with E-state index < -0.39 is 0 Å². The van der Waals surface area contributed by atoms with Crippen LogP contribution in [0, 0.1) is 0 Å². The van der Waals surface area contributed by atoms with Gasteiger partial charge in [0.15, 0.2) is 0 Å². The second kappa shape index (κ2) is 6.95. The van der Waals surface area contributed by atoms with E-state index in [0.29, 0.717) is 13.1 Å². The van der Waals surface area contributed by atoms with Crippen molar-refractivity contribution in [3.63, 3.8) is 0 Å². The molecule has 7 heteroatoms. The van der Waals surface area contributed by atoms with Crippen molar-refractivity contribution in [3.8, 4) is 0 Å². The first-order chi connectivity index (χ1) is 9.69. The molecule has 0 atom stereocenters. The first-order valence-electron chi connectivity index (χ1n) is 6.67. The van der Waals surface area contributed by atoms with Crippen LogP contribution in [0.3, 0.4) is 0 Å². The summed E-state index contributed by atoms with van der Waals surface area (Å²) >= 11 is 0. The van der Waals surface area contributed by atoms with Gasteiger partial charge in [0.2, 0.25) is 5.91 Å². The van der Waals surface area contributed by atoms with Crippen LogP contribution in [0.15, 0.2) is 22.8 Å². The third-order valence-corrected chi connectivity index (χ3v) is 3.31. The Morgan fingerprint density at radius 2 is 2.05 bits per heavy atom. The average molecular weight is 280 g/mol. The summed E-state index contributed by atoms with van der Waals surface area (Å²) < 4.78 is 5.31. The summed E-state index contributed by atoms with van der Waals surface area (Å²) in [5.74, 6) is 0.886. The van der Waals surface area contributed by atoms with Crippen LogP contribution in [-0.2, 0) is 11.3 Å². The SMILES string of the molecule is CNC(=O)NCC(=O)N1CCN(Cc2ccco2)CC1. The molecule has 110 valence electrons. The second-order valence-electron chi connectivity index (χ2n) is 4.67. The van der Waals surface area contributed by atoms with Crippen LogP contribution in [0.5, 0.6) is 0 Å². The number of amides is 3. The fourth-order valence-electron chi connectivity index (χ4n) is 2.13. The molecule has 20 heavy (non-hydrogen) atoms. The molecule has 0 unspecified atom stereocenters. The van der Waals surface area contributed by atoms with Crippen molar-refractivity contribution >= 4 is 11.9 Å². The summed E-state index contributed by atoms with van der Waals surface area (Å²) in [5.41, 5.74) is 0. The Labute approximate surface area is 117 Å². The molecule has 1 aliphatic heterocycles. The average Bonchev–Trinajstić information content (AvgIpc) is 2.98. The van der Waals surface area contributed by atoms with Gasteiger partial charge in [0.1, 0.15) is 5.76 Å². The molecule has 0 radical (unpaired) electrons. The lowest BCUT2D eigenvalue weighted by Gasteiger charge is -2.34. The van der Waals surface area contributed by atoms with Crippen molar-refractivity contribution < 1.29 is 14.0 Å². The van der Waals surface area contributed by atoms with Gasteiger partial charge in [-0.25, -0.2) is 4.79 Å². The largest absolute Gasteiger partial charge is 0.468 e. The third-order valence-electron chi connectivity index (χ3n) is 3.31. The molecule has 1 saturated heterocycles. The van der Waals surface area contributed by atoms with E-state index in [1.165, 1.54) is 7.05 Å². The van der Waals surface area contributed by atoms with E-state index in [0.717, 1.165) is 25.4 Å². The number of hydrogen-bond acceptors (Lipinski definition) is 4. The van der Waals surface area contributed by atoms with E-state index in [-0.39, 0.29) is 18.5 Å². The Hall–Kier alpha value is -2.02. The maximum absolute atomic E-state index is 11.9. The quantitative estimate of drug-likeness (QED) is 0.804. The van der Waals surface area contributed by atoms with E-state index >= 15 is 0 Å². The van der Waals surface area contributed by atoms with Gasteiger partial charge in [-0.3, -0.25) is 9.69 Å². The topological polar surface area (TPSA) is 77.8 Å². The van der Waals surface area contributed by atoms with E-state index in [1.807, 2.05) is 12.1 Å². The van der Waals surface area contributed by atoms with Crippen LogP contribution in [0.2, 0.25) is 0 Å². The Morgan fingerprint density at radius 3 is 2.65 bits per heavy atom. The third kappa shape index (κ3) is 3.99. The van der Waals surface area contributed by atoms with Gasteiger partial charge in [0.05, 0.1) is 19.4 Å². The summed E-state index contributed by atoms with van der Waals surface area (Å²) in [7, 11) is 1.52. The fraction of sp³-hybridized carbons (Fsp3) is 0.538. The highest BCUT2D eigenvalue weighted by atomic mass is 16.3. The minimum Gasteiger partial charge on any atom is -0.468 e. The number of furan rings is 1. The van der Waals surface area contributed by atoms with Crippen LogP contribution in [0.4, 0.5) is 4.79 Å². The van der Waals surface area contributed by atoms with Gasteiger partial charge in [-0.2, -0.15) is 0 Å². The molecule has 1 aromatic rings. The molecule has 0 aliphatic carbocycles. The van der Waals surface area contributed by atoms with Crippen LogP contribution in [0.25, 0.3) is 0 Å². The number of nitrogens with one attached hydrogen (secondary N) is 2. The fourth-order valence-corrected chi connectivity index (χ4v) is 2.13. The Balaban J connectivity index is 1.70. The molecular weight excluding hydrogens is 260 g/mol. The summed E-state index contributed by atoms with van der Waals surface area (Å²) in [5, 5.41) is 4.92. The summed E-state index contributed by atoms with van der Waals surface area (Å²) in [4.78, 5) is 26.9. The molecule has 2 heterocycles. The molecule has 7 nitrogen and oxygen atoms in total. The zero-order valence-corrected chi connectivity index (χ0v) is 11.6. The summed E-state index contributed by atoms with van der Waals surface area (Å²) in [6, 6.07) is 3.49. The van der Waals surface area contributed by atoms with Crippen LogP contribution >= 0.6 is 0 Å². The molecular formula is C13H20N4O3. The second-order valence-corrected chi connectivity index (χ2v) is 4.67. The maximum atomic E-state index is 11.9. The number of nitrogens with zero attached hydrogens (tertiary/aromatic N) is 2. The van der Waals surface area contributed by atoms with Gasteiger partial charge in [-0.15, -0.1) is 0 Å². The molecule has 0 aromatic carbocycles. The summed E-state index contributed by atoms with van der Waals surface area (Å²) in [6.45, 7) is 3.78. The predicted octanol–water partition coefficient (Wildman–Crippen LogP) is -0.147. The Kier molecular flexibility index (Phi) is 5.00. The maximum Gasteiger partial charge on any atom is 0.314 e. The molecule has 1 aliphatic rings. The number of piperazine rings is 1. The first kappa shape index (κ1) is 14.4. The predicted molar refractivity (Wildman–Crippen MR) is 73.0 cm³/mol. The molecule has 1 aromatic heterocycles. The van der Waals surface area contributed by atoms with E-state index in [9.17, 15) is 9.59 Å². The molecule has 1 fully saturated rings. The van der Waals surface area contributed by atoms with Crippen molar-refractivity contribution in [2.75, 3.05) is 39.8 Å². The molecule has 0 saturated carbocycles. The highest BCUT2D eigenvalue weighted by Crippen LogP contribution is 2.08. The van der Waals surface area contributed by atoms with Gasteiger partial charge in [0.25, 0.3) is 0 Å². The lowest BCUT2D eigenvalue weighted by atomic mass is 10.3. The van der Waals surface area contributed by atoms with Gasteiger partial charge < -0.3 is 20.0 Å². The summed E-state index contributed by atoms with van der Waals surface area (Å²) in [6.07, 6.45) is 1.67. The zero-order valence-electron chi connectivity index (χ0n) is 11.6. The van der Waals surface area contributed by atoms with E-state index in [1.54, 1.807) is 11.2 Å². The van der Waals surface area contributed by atoms with Crippen LogP contribution in [-0.4, -0.2) is 61.5 Å². The highest BCUT2D eigenvalue weighted by molar-refractivity contribution is 5.83. The van der Waals surface area contributed by atoms with Gasteiger partial charge in [0, 0.05) is 33.2 Å². The Bertz CT molecular complexity index is 438. The molecule has 2 N–H and O–H groups in total. The number of carbonyl (C=O) groups excluding carboxylic acids is 2. The lowest BCUT2D eigenvalue weighted by Crippen LogP contribution is -2.51. The smallest absolute Gasteiger partial charge is 0.314 e. The van der Waals surface area contributed by atoms with Crippen molar-refractivity contribution in [2.24, 2.45) is 0 Å². The Morgan fingerprint density at radius 1 is 1.30 bits per heavy atom. The zero-order chi connectivity index (χ0) is 14.4. The lowest BCUT2D eigenvalue weighted by molar-refractivity contribution is -0.131. The van der Waals surface area contributed by atoms with Crippen molar-refractivity contribution in [3.05, 3.63) is 24.2 Å². The number of rotatable bonds is 4. The number of urea groups is 1. The van der Waals surface area contributed by atoms with Gasteiger partial charge in [-0.05, 0) is 12.1 Å². The first-order valence-corrected chi connectivity index (χ1v) is 6.67. The van der Waals surface area contributed by atoms with Crippen molar-refractivity contribution in [2.45, 2.75) is 6.54 Å². The highest BCUT2D eigenvalue weighted by Gasteiger charge is 2.21. The van der Waals surface area contributed by atoms with Crippen LogP contribution < -0.4 is 10.6 Å². The molecule has 0 bridgehead atoms. The minimum absolute atomic E-state index is 0.0395. The standard InChI is InChI=1S/C13H20N4O3/c1-14-13(19)15-9-12(18)17-6-4-16(5-7-17)10-11-3-2-8-20-11/h2-3,8H,4-7,9-10H2,1H3,(H2,14,15,19). The van der Waals surface area contributed by atoms with Gasteiger partial charge >= 0.3 is 6.03 Å². The van der Waals surface area contributed by atoms with E-state index in [4.69, 9.17) is 4.42 Å². The van der Waals surface area contributed by atoms with Crippen molar-refractivity contribution in [1.82, 2.24) is 20.4 Å². The molecule has 3 amide bonds. The number of carbonyl (C=O) groups is 2. The molecule has 0 spiro atoms. The number of hydrogen-bond donors (Lipinski definition) is 2. The van der Waals surface area contributed by atoms with Crippen molar-refractivity contribution in [1.29, 1.82) is 0 Å². The monoisotopic (exact) mass is 280 g/mol. The van der Waals surface area contributed by atoms with E-state index in [2.05, 4.69) is 15.5 Å². The van der Waals surface area contributed by atoms with Gasteiger partial charge in [-0.1, -0.05) is 0 Å². The normalized spacial score (nSPS) is 15.9.